The molecule has 0 amide bonds. The van der Waals surface area contributed by atoms with Crippen molar-refractivity contribution >= 4 is 22.7 Å². The Balaban J connectivity index is 2.20. The quantitative estimate of drug-likeness (QED) is 0.740. The third kappa shape index (κ3) is 2.70. The van der Waals surface area contributed by atoms with E-state index in [-0.39, 0.29) is 11.6 Å². The van der Waals surface area contributed by atoms with Crippen molar-refractivity contribution in [3.05, 3.63) is 69.6 Å². The normalized spacial score (nSPS) is 18.6. The Bertz CT molecular complexity index is 846. The number of hydrogen-bond acceptors (Lipinski definition) is 3. The van der Waals surface area contributed by atoms with E-state index in [1.807, 2.05) is 64.1 Å². The molecule has 0 spiro atoms. The maximum atomic E-state index is 11.8. The van der Waals surface area contributed by atoms with E-state index in [4.69, 9.17) is 4.42 Å². The summed E-state index contributed by atoms with van der Waals surface area (Å²) in [6, 6.07) is 3.79. The minimum Gasteiger partial charge on any atom is -0.456 e. The molecule has 0 fully saturated rings. The molecule has 0 atom stereocenters. The van der Waals surface area contributed by atoms with Crippen LogP contribution in [0.5, 0.6) is 0 Å². The highest BCUT2D eigenvalue weighted by molar-refractivity contribution is 6.12. The van der Waals surface area contributed by atoms with Crippen LogP contribution >= 0.6 is 0 Å². The van der Waals surface area contributed by atoms with E-state index in [1.54, 1.807) is 0 Å². The lowest BCUT2D eigenvalue weighted by atomic mass is 9.96. The Kier molecular flexibility index (Phi) is 3.64. The van der Waals surface area contributed by atoms with Gasteiger partial charge in [-0.2, -0.15) is 0 Å². The largest absolute Gasteiger partial charge is 0.456 e. The molecule has 0 aromatic carbocycles. The van der Waals surface area contributed by atoms with Crippen LogP contribution in [0.3, 0.4) is 0 Å². The molecule has 1 aromatic rings. The Morgan fingerprint density at radius 3 is 1.22 bits per heavy atom. The van der Waals surface area contributed by atoms with Crippen LogP contribution in [0, 0.1) is 0 Å². The van der Waals surface area contributed by atoms with Gasteiger partial charge in [-0.15, -0.1) is 0 Å². The average Bonchev–Trinajstić information content (AvgIpc) is 2.99. The van der Waals surface area contributed by atoms with Crippen molar-refractivity contribution in [2.24, 2.45) is 0 Å². The second-order valence-corrected chi connectivity index (χ2v) is 6.04. The molecule has 1 aromatic heterocycles. The first kappa shape index (κ1) is 15.2. The van der Waals surface area contributed by atoms with E-state index in [9.17, 15) is 9.59 Å². The molecule has 0 N–H and O–H groups in total. The van der Waals surface area contributed by atoms with Crippen molar-refractivity contribution in [1.82, 2.24) is 0 Å². The van der Waals surface area contributed by atoms with Crippen LogP contribution in [0.2, 0.25) is 0 Å². The van der Waals surface area contributed by atoms with E-state index >= 15 is 0 Å². The van der Waals surface area contributed by atoms with Gasteiger partial charge in [-0.05, 0) is 86.4 Å². The second kappa shape index (κ2) is 5.51. The molecule has 3 nitrogen and oxygen atoms in total. The lowest BCUT2D eigenvalue weighted by Crippen LogP contribution is -2.12. The highest BCUT2D eigenvalue weighted by Crippen LogP contribution is 2.19. The molecule has 23 heavy (non-hydrogen) atoms. The van der Waals surface area contributed by atoms with Crippen LogP contribution in [-0.4, -0.2) is 11.6 Å². The summed E-state index contributed by atoms with van der Waals surface area (Å²) in [6.07, 6.45) is 7.37. The molecule has 3 rings (SSSR count). The summed E-state index contributed by atoms with van der Waals surface area (Å²) in [5.74, 6) is 0.135. The van der Waals surface area contributed by atoms with Crippen molar-refractivity contribution < 1.29 is 14.0 Å². The van der Waals surface area contributed by atoms with Gasteiger partial charge in [-0.3, -0.25) is 9.59 Å². The maximum absolute atomic E-state index is 11.8. The van der Waals surface area contributed by atoms with Gasteiger partial charge in [0, 0.05) is 11.1 Å². The van der Waals surface area contributed by atoms with Crippen molar-refractivity contribution in [2.45, 2.75) is 27.7 Å². The first-order valence-corrected chi connectivity index (χ1v) is 7.54. The Morgan fingerprint density at radius 1 is 0.609 bits per heavy atom. The van der Waals surface area contributed by atoms with Gasteiger partial charge in [0.1, 0.15) is 10.8 Å². The molecule has 0 saturated carbocycles. The standard InChI is InChI=1S/C20H18O3/c1-11-7-15(8-12(2)19(11)21)17-5-6-18(23-17)16-9-13(3)20(22)14(4)10-16/h5-10H,1-4H3. The Morgan fingerprint density at radius 2 is 0.913 bits per heavy atom. The van der Waals surface area contributed by atoms with Crippen LogP contribution in [0.15, 0.2) is 63.1 Å². The first-order chi connectivity index (χ1) is 10.9. The molecule has 0 radical (unpaired) electrons. The topological polar surface area (TPSA) is 47.3 Å². The fourth-order valence-corrected chi connectivity index (χ4v) is 2.83. The molecular weight excluding hydrogens is 288 g/mol. The molecule has 0 saturated heterocycles. The van der Waals surface area contributed by atoms with Crippen LogP contribution in [0.1, 0.15) is 27.7 Å². The predicted molar refractivity (Wildman–Crippen MR) is 89.8 cm³/mol. The Hall–Kier alpha value is -2.68. The summed E-state index contributed by atoms with van der Waals surface area (Å²) < 4.78 is 5.95. The SMILES string of the molecule is CC1=CC(=c2ccc(=C3C=C(C)C(=O)C(C)=C3)o2)C=C(C)C1=O. The molecule has 0 bridgehead atoms. The van der Waals surface area contributed by atoms with Gasteiger partial charge in [-0.1, -0.05) is 0 Å². The summed E-state index contributed by atoms with van der Waals surface area (Å²) in [4.78, 5) is 23.7. The fraction of sp³-hybridized carbons (Fsp3) is 0.200. The van der Waals surface area contributed by atoms with E-state index < -0.39 is 0 Å². The minimum absolute atomic E-state index is 0.0674. The monoisotopic (exact) mass is 306 g/mol. The van der Waals surface area contributed by atoms with Crippen LogP contribution < -0.4 is 10.8 Å². The fourth-order valence-electron chi connectivity index (χ4n) is 2.83. The number of rotatable bonds is 0. The van der Waals surface area contributed by atoms with Crippen molar-refractivity contribution in [3.8, 4) is 0 Å². The van der Waals surface area contributed by atoms with Gasteiger partial charge in [0.2, 0.25) is 0 Å². The second-order valence-electron chi connectivity index (χ2n) is 6.04. The van der Waals surface area contributed by atoms with Crippen LogP contribution in [0.25, 0.3) is 11.1 Å². The van der Waals surface area contributed by atoms with Gasteiger partial charge in [-0.25, -0.2) is 0 Å². The van der Waals surface area contributed by atoms with Gasteiger partial charge in [0.05, 0.1) is 0 Å². The minimum atomic E-state index is 0.0674. The summed E-state index contributed by atoms with van der Waals surface area (Å²) in [5, 5.41) is 0. The molecule has 3 heteroatoms. The number of Topliss-reactive ketones (excluding diaryl/α,β-unsaturated/α-hetero) is 2. The first-order valence-electron chi connectivity index (χ1n) is 7.54. The molecule has 0 unspecified atom stereocenters. The number of carbonyl (C=O) groups is 2. The van der Waals surface area contributed by atoms with Gasteiger partial charge < -0.3 is 4.42 Å². The third-order valence-electron chi connectivity index (χ3n) is 4.10. The molecular formula is C20H18O3. The van der Waals surface area contributed by atoms with E-state index in [1.165, 1.54) is 0 Å². The van der Waals surface area contributed by atoms with E-state index in [0.29, 0.717) is 33.1 Å². The van der Waals surface area contributed by atoms with Gasteiger partial charge in [0.15, 0.2) is 11.6 Å². The summed E-state index contributed by atoms with van der Waals surface area (Å²) in [5.41, 5.74) is 6.04. The number of hydrogen-bond donors (Lipinski definition) is 0. The zero-order valence-corrected chi connectivity index (χ0v) is 13.7. The summed E-state index contributed by atoms with van der Waals surface area (Å²) in [7, 11) is 0. The summed E-state index contributed by atoms with van der Waals surface area (Å²) in [6.45, 7) is 7.23. The highest BCUT2D eigenvalue weighted by Gasteiger charge is 2.15. The van der Waals surface area contributed by atoms with Crippen molar-refractivity contribution in [1.29, 1.82) is 0 Å². The molecule has 2 aliphatic rings. The lowest BCUT2D eigenvalue weighted by molar-refractivity contribution is -0.113. The van der Waals surface area contributed by atoms with E-state index in [2.05, 4.69) is 0 Å². The predicted octanol–water partition coefficient (Wildman–Crippen LogP) is 2.53. The third-order valence-corrected chi connectivity index (χ3v) is 4.10. The molecule has 0 aliphatic heterocycles. The smallest absolute Gasteiger partial charge is 0.184 e. The van der Waals surface area contributed by atoms with Crippen LogP contribution in [0.4, 0.5) is 0 Å². The molecule has 116 valence electrons. The summed E-state index contributed by atoms with van der Waals surface area (Å²) >= 11 is 0. The highest BCUT2D eigenvalue weighted by atomic mass is 16.3. The maximum Gasteiger partial charge on any atom is 0.184 e. The number of carbonyl (C=O) groups excluding carboxylic acids is 2. The van der Waals surface area contributed by atoms with E-state index in [0.717, 1.165) is 11.1 Å². The molecule has 2 aliphatic carbocycles. The number of furan rings is 1. The Labute approximate surface area is 134 Å². The van der Waals surface area contributed by atoms with Crippen molar-refractivity contribution in [2.75, 3.05) is 0 Å². The number of ketones is 2. The van der Waals surface area contributed by atoms with Gasteiger partial charge in [0.25, 0.3) is 0 Å². The zero-order chi connectivity index (χ0) is 16.7. The lowest BCUT2D eigenvalue weighted by Gasteiger charge is -2.08. The molecule has 1 heterocycles. The van der Waals surface area contributed by atoms with Crippen molar-refractivity contribution in [3.63, 3.8) is 0 Å². The van der Waals surface area contributed by atoms with Crippen LogP contribution in [-0.2, 0) is 9.59 Å². The van der Waals surface area contributed by atoms with Gasteiger partial charge >= 0.3 is 0 Å². The number of allylic oxidation sites excluding steroid dienone is 8. The average molecular weight is 306 g/mol. The zero-order valence-electron chi connectivity index (χ0n) is 13.7.